The van der Waals surface area contributed by atoms with Gasteiger partial charge in [-0.3, -0.25) is 4.99 Å². The number of guanidine groups is 1. The van der Waals surface area contributed by atoms with Gasteiger partial charge in [0.1, 0.15) is 11.6 Å². The summed E-state index contributed by atoms with van der Waals surface area (Å²) in [6, 6.07) is 4.73. The van der Waals surface area contributed by atoms with E-state index < -0.39 is 17.7 Å². The van der Waals surface area contributed by atoms with Crippen LogP contribution in [0.2, 0.25) is 0 Å². The summed E-state index contributed by atoms with van der Waals surface area (Å²) in [4.78, 5) is 9.06. The van der Waals surface area contributed by atoms with Crippen molar-refractivity contribution in [3.05, 3.63) is 35.4 Å². The van der Waals surface area contributed by atoms with E-state index in [4.69, 9.17) is 0 Å². The van der Waals surface area contributed by atoms with Gasteiger partial charge in [-0.1, -0.05) is 6.07 Å². The molecule has 1 aromatic rings. The molecule has 164 valence electrons. The number of benzene rings is 1. The van der Waals surface area contributed by atoms with E-state index in [0.717, 1.165) is 44.5 Å². The lowest BCUT2D eigenvalue weighted by atomic mass is 10.0. The zero-order chi connectivity index (χ0) is 20.1. The van der Waals surface area contributed by atoms with E-state index in [0.29, 0.717) is 6.04 Å². The van der Waals surface area contributed by atoms with Crippen molar-refractivity contribution in [3.8, 4) is 0 Å². The number of rotatable bonds is 7. The van der Waals surface area contributed by atoms with Crippen molar-refractivity contribution in [2.75, 3.05) is 40.3 Å². The lowest BCUT2D eigenvalue weighted by molar-refractivity contribution is 0.197. The summed E-state index contributed by atoms with van der Waals surface area (Å²) in [5, 5.41) is 6.79. The third kappa shape index (κ3) is 6.75. The first kappa shape index (κ1) is 24.3. The first-order chi connectivity index (χ1) is 13.5. The van der Waals surface area contributed by atoms with Crippen molar-refractivity contribution < 1.29 is 8.78 Å². The zero-order valence-electron chi connectivity index (χ0n) is 17.6. The van der Waals surface area contributed by atoms with Crippen LogP contribution in [0, 0.1) is 11.6 Å². The second-order valence-corrected chi connectivity index (χ2v) is 8.02. The Labute approximate surface area is 190 Å². The highest BCUT2D eigenvalue weighted by atomic mass is 127. The first-order valence-corrected chi connectivity index (χ1v) is 10.4. The number of aliphatic imine (C=N–C) groups is 1. The van der Waals surface area contributed by atoms with E-state index in [-0.39, 0.29) is 36.1 Å². The van der Waals surface area contributed by atoms with Gasteiger partial charge in [-0.15, -0.1) is 24.0 Å². The number of halogens is 3. The van der Waals surface area contributed by atoms with Gasteiger partial charge in [0.15, 0.2) is 5.96 Å². The Balaban J connectivity index is 0.00000300. The molecular formula is C21H34F2IN5. The maximum absolute atomic E-state index is 14.3. The predicted octanol–water partition coefficient (Wildman–Crippen LogP) is 3.37. The van der Waals surface area contributed by atoms with E-state index >= 15 is 0 Å². The molecule has 1 aromatic carbocycles. The number of hydrogen-bond acceptors (Lipinski definition) is 3. The molecule has 1 heterocycles. The van der Waals surface area contributed by atoms with Gasteiger partial charge >= 0.3 is 0 Å². The Bertz CT molecular complexity index is 653. The number of nitrogens with zero attached hydrogens (tertiary/aromatic N) is 3. The van der Waals surface area contributed by atoms with Gasteiger partial charge < -0.3 is 20.4 Å². The van der Waals surface area contributed by atoms with Gasteiger partial charge in [0.05, 0.1) is 12.6 Å². The Morgan fingerprint density at radius 2 is 1.79 bits per heavy atom. The molecule has 5 nitrogen and oxygen atoms in total. The van der Waals surface area contributed by atoms with Crippen molar-refractivity contribution in [2.45, 2.75) is 50.7 Å². The maximum Gasteiger partial charge on any atom is 0.191 e. The fourth-order valence-corrected chi connectivity index (χ4v) is 3.88. The summed E-state index contributed by atoms with van der Waals surface area (Å²) in [6.45, 7) is 5.30. The first-order valence-electron chi connectivity index (χ1n) is 10.4. The molecule has 3 rings (SSSR count). The molecule has 1 unspecified atom stereocenters. The molecule has 1 aliphatic carbocycles. The van der Waals surface area contributed by atoms with Gasteiger partial charge in [-0.2, -0.15) is 0 Å². The van der Waals surface area contributed by atoms with E-state index in [1.54, 1.807) is 0 Å². The second-order valence-electron chi connectivity index (χ2n) is 8.02. The highest BCUT2D eigenvalue weighted by Gasteiger charge is 2.32. The molecule has 0 radical (unpaired) electrons. The van der Waals surface area contributed by atoms with Gasteiger partial charge in [0.25, 0.3) is 0 Å². The SMILES string of the molecule is CCNC(=NCC(c1c(F)cccc1F)N(C)C)NC1CCN(C2CC2)CC1.I. The van der Waals surface area contributed by atoms with Crippen molar-refractivity contribution in [1.29, 1.82) is 0 Å². The Morgan fingerprint density at radius 3 is 2.31 bits per heavy atom. The third-order valence-electron chi connectivity index (χ3n) is 5.66. The number of likely N-dealkylation sites (N-methyl/N-ethyl adjacent to an activating group) is 1. The maximum atomic E-state index is 14.3. The van der Waals surface area contributed by atoms with Crippen molar-refractivity contribution in [1.82, 2.24) is 20.4 Å². The van der Waals surface area contributed by atoms with E-state index in [9.17, 15) is 8.78 Å². The lowest BCUT2D eigenvalue weighted by Gasteiger charge is -2.33. The van der Waals surface area contributed by atoms with E-state index in [2.05, 4.69) is 20.5 Å². The number of nitrogens with one attached hydrogen (secondary N) is 2. The topological polar surface area (TPSA) is 42.9 Å². The Hall–Kier alpha value is -1.00. The summed E-state index contributed by atoms with van der Waals surface area (Å²) < 4.78 is 28.5. The Kier molecular flexibility index (Phi) is 9.55. The molecule has 1 saturated heterocycles. The summed E-state index contributed by atoms with van der Waals surface area (Å²) in [5.41, 5.74) is 0.0739. The largest absolute Gasteiger partial charge is 0.357 e. The molecule has 1 atom stereocenters. The fourth-order valence-electron chi connectivity index (χ4n) is 3.88. The van der Waals surface area contributed by atoms with Crippen LogP contribution in [0.25, 0.3) is 0 Å². The van der Waals surface area contributed by atoms with Crippen LogP contribution in [0.3, 0.4) is 0 Å². The van der Waals surface area contributed by atoms with Crippen LogP contribution < -0.4 is 10.6 Å². The molecule has 0 amide bonds. The van der Waals surface area contributed by atoms with Gasteiger partial charge in [-0.25, -0.2) is 8.78 Å². The highest BCUT2D eigenvalue weighted by Crippen LogP contribution is 2.29. The normalized spacial score (nSPS) is 19.7. The Morgan fingerprint density at radius 1 is 1.17 bits per heavy atom. The molecule has 29 heavy (non-hydrogen) atoms. The van der Waals surface area contributed by atoms with E-state index in [1.807, 2.05) is 25.9 Å². The molecule has 1 saturated carbocycles. The van der Waals surface area contributed by atoms with Gasteiger partial charge in [-0.05, 0) is 58.8 Å². The van der Waals surface area contributed by atoms with Crippen LogP contribution >= 0.6 is 24.0 Å². The number of piperidine rings is 1. The fraction of sp³-hybridized carbons (Fsp3) is 0.667. The van der Waals surface area contributed by atoms with Crippen molar-refractivity contribution in [3.63, 3.8) is 0 Å². The van der Waals surface area contributed by atoms with Gasteiger partial charge in [0.2, 0.25) is 0 Å². The van der Waals surface area contributed by atoms with Crippen LogP contribution in [0.5, 0.6) is 0 Å². The van der Waals surface area contributed by atoms with Crippen LogP contribution in [0.15, 0.2) is 23.2 Å². The highest BCUT2D eigenvalue weighted by molar-refractivity contribution is 14.0. The summed E-state index contributed by atoms with van der Waals surface area (Å²) in [5.74, 6) is -0.338. The summed E-state index contributed by atoms with van der Waals surface area (Å²) in [6.07, 6.45) is 4.89. The van der Waals surface area contributed by atoms with Crippen LogP contribution in [0.4, 0.5) is 8.78 Å². The molecule has 0 spiro atoms. The van der Waals surface area contributed by atoms with Crippen LogP contribution in [-0.2, 0) is 0 Å². The third-order valence-corrected chi connectivity index (χ3v) is 5.66. The second kappa shape index (κ2) is 11.4. The van der Waals surface area contributed by atoms with E-state index in [1.165, 1.54) is 31.0 Å². The molecule has 0 aromatic heterocycles. The molecule has 2 fully saturated rings. The quantitative estimate of drug-likeness (QED) is 0.328. The number of likely N-dealkylation sites (tertiary alicyclic amines) is 1. The standard InChI is InChI=1S/C21H33F2N5.HI/c1-4-24-21(26-15-10-12-28(13-11-15)16-8-9-16)25-14-19(27(2)3)20-17(22)6-5-7-18(20)23;/h5-7,15-16,19H,4,8-14H2,1-3H3,(H2,24,25,26);1H. The average molecular weight is 521 g/mol. The summed E-state index contributed by atoms with van der Waals surface area (Å²) >= 11 is 0. The molecule has 1 aliphatic heterocycles. The average Bonchev–Trinajstić information content (AvgIpc) is 3.49. The minimum Gasteiger partial charge on any atom is -0.357 e. The van der Waals surface area contributed by atoms with Crippen molar-refractivity contribution >= 4 is 29.9 Å². The molecule has 2 N–H and O–H groups in total. The summed E-state index contributed by atoms with van der Waals surface area (Å²) in [7, 11) is 3.64. The number of hydrogen-bond donors (Lipinski definition) is 2. The minimum atomic E-state index is -0.528. The molecule has 2 aliphatic rings. The van der Waals surface area contributed by atoms with Crippen LogP contribution in [-0.4, -0.2) is 68.1 Å². The molecule has 8 heteroatoms. The van der Waals surface area contributed by atoms with Crippen molar-refractivity contribution in [2.24, 2.45) is 4.99 Å². The van der Waals surface area contributed by atoms with Gasteiger partial charge in [0, 0.05) is 37.3 Å². The van der Waals surface area contributed by atoms with Crippen LogP contribution in [0.1, 0.15) is 44.2 Å². The lowest BCUT2D eigenvalue weighted by Crippen LogP contribution is -2.49. The predicted molar refractivity (Wildman–Crippen MR) is 125 cm³/mol. The molecular weight excluding hydrogens is 487 g/mol. The molecule has 0 bridgehead atoms. The zero-order valence-corrected chi connectivity index (χ0v) is 20.0. The monoisotopic (exact) mass is 521 g/mol. The minimum absolute atomic E-state index is 0. The smallest absolute Gasteiger partial charge is 0.191 e.